The first-order valence-electron chi connectivity index (χ1n) is 7.12. The molecule has 6 heteroatoms. The van der Waals surface area contributed by atoms with Gasteiger partial charge in [0.15, 0.2) is 0 Å². The van der Waals surface area contributed by atoms with Crippen LogP contribution in [0.4, 0.5) is 5.69 Å². The zero-order chi connectivity index (χ0) is 14.7. The Morgan fingerprint density at radius 2 is 2.14 bits per heavy atom. The van der Waals surface area contributed by atoms with Gasteiger partial charge in [-0.2, -0.15) is 5.10 Å². The van der Waals surface area contributed by atoms with Gasteiger partial charge >= 0.3 is 0 Å². The van der Waals surface area contributed by atoms with Gasteiger partial charge in [-0.3, -0.25) is 9.78 Å². The van der Waals surface area contributed by atoms with Crippen LogP contribution in [-0.4, -0.2) is 28.3 Å². The largest absolute Gasteiger partial charge is 0.369 e. The highest BCUT2D eigenvalue weighted by Crippen LogP contribution is 2.27. The van der Waals surface area contributed by atoms with Gasteiger partial charge in [-0.25, -0.2) is 5.10 Å². The summed E-state index contributed by atoms with van der Waals surface area (Å²) in [7, 11) is 0. The molecule has 1 fully saturated rings. The molecular weight excluding hydrogens is 288 g/mol. The first-order valence-corrected chi connectivity index (χ1v) is 7.50. The number of H-pyrrole nitrogens is 1. The molecule has 2 aromatic rings. The number of rotatable bonds is 3. The molecule has 0 radical (unpaired) electrons. The van der Waals surface area contributed by atoms with Crippen LogP contribution in [0, 0.1) is 5.92 Å². The van der Waals surface area contributed by atoms with Crippen LogP contribution in [0.2, 0.25) is 5.02 Å². The van der Waals surface area contributed by atoms with Crippen LogP contribution in [0.3, 0.4) is 0 Å². The summed E-state index contributed by atoms with van der Waals surface area (Å²) in [5.74, 6) is 0.630. The topological polar surface area (TPSA) is 61.9 Å². The molecule has 0 saturated carbocycles. The fraction of sp³-hybridized carbons (Fsp3) is 0.400. The number of nitrogens with zero attached hydrogens (tertiary/aromatic N) is 3. The number of hydrogen-bond acceptors (Lipinski definition) is 4. The Labute approximate surface area is 128 Å². The highest BCUT2D eigenvalue weighted by Gasteiger charge is 2.22. The fourth-order valence-corrected chi connectivity index (χ4v) is 3.00. The van der Waals surface area contributed by atoms with Gasteiger partial charge in [0.25, 0.3) is 5.56 Å². The number of halogens is 1. The van der Waals surface area contributed by atoms with E-state index in [4.69, 9.17) is 11.6 Å². The number of hydrogen-bond donors (Lipinski definition) is 1. The SMILES string of the molecule is O=c1[nH]ncc(N2CCC(Cc3ccccn3)CC2)c1Cl. The number of piperidine rings is 1. The summed E-state index contributed by atoms with van der Waals surface area (Å²) in [5, 5.41) is 6.41. The second-order valence-electron chi connectivity index (χ2n) is 5.35. The van der Waals surface area contributed by atoms with E-state index in [0.717, 1.165) is 43.7 Å². The lowest BCUT2D eigenvalue weighted by Crippen LogP contribution is -2.35. The molecule has 1 aliphatic heterocycles. The standard InChI is InChI=1S/C15H17ClN4O/c16-14-13(10-18-19-15(14)21)20-7-4-11(5-8-20)9-12-3-1-2-6-17-12/h1-3,6,10-11H,4-5,7-9H2,(H,19,21). The summed E-state index contributed by atoms with van der Waals surface area (Å²) in [6.07, 6.45) is 6.62. The van der Waals surface area contributed by atoms with E-state index < -0.39 is 0 Å². The van der Waals surface area contributed by atoms with Crippen LogP contribution >= 0.6 is 11.6 Å². The molecule has 0 unspecified atom stereocenters. The van der Waals surface area contributed by atoms with Crippen LogP contribution in [-0.2, 0) is 6.42 Å². The summed E-state index contributed by atoms with van der Waals surface area (Å²) in [6, 6.07) is 6.04. The van der Waals surface area contributed by atoms with Gasteiger partial charge in [-0.1, -0.05) is 17.7 Å². The van der Waals surface area contributed by atoms with Crippen molar-refractivity contribution in [2.24, 2.45) is 5.92 Å². The van der Waals surface area contributed by atoms with Crippen LogP contribution in [0.5, 0.6) is 0 Å². The van der Waals surface area contributed by atoms with Gasteiger partial charge in [-0.15, -0.1) is 0 Å². The minimum Gasteiger partial charge on any atom is -0.369 e. The highest BCUT2D eigenvalue weighted by atomic mass is 35.5. The molecule has 1 N–H and O–H groups in total. The second-order valence-corrected chi connectivity index (χ2v) is 5.73. The van der Waals surface area contributed by atoms with E-state index in [1.54, 1.807) is 6.20 Å². The van der Waals surface area contributed by atoms with Crippen molar-refractivity contribution in [3.8, 4) is 0 Å². The van der Waals surface area contributed by atoms with E-state index in [1.165, 1.54) is 0 Å². The summed E-state index contributed by atoms with van der Waals surface area (Å²) >= 11 is 6.06. The predicted octanol–water partition coefficient (Wildman–Crippen LogP) is 2.28. The average molecular weight is 305 g/mol. The van der Waals surface area contributed by atoms with Crippen LogP contribution in [0.25, 0.3) is 0 Å². The van der Waals surface area contributed by atoms with Crippen molar-refractivity contribution < 1.29 is 0 Å². The van der Waals surface area contributed by atoms with E-state index in [1.807, 2.05) is 18.3 Å². The summed E-state index contributed by atoms with van der Waals surface area (Å²) in [5.41, 5.74) is 1.55. The van der Waals surface area contributed by atoms with E-state index in [9.17, 15) is 4.79 Å². The molecule has 0 atom stereocenters. The molecule has 3 rings (SSSR count). The number of aromatic amines is 1. The fourth-order valence-electron chi connectivity index (χ4n) is 2.79. The summed E-state index contributed by atoms with van der Waals surface area (Å²) in [6.45, 7) is 1.78. The smallest absolute Gasteiger partial charge is 0.285 e. The van der Waals surface area contributed by atoms with Crippen molar-refractivity contribution in [3.05, 3.63) is 51.7 Å². The maximum atomic E-state index is 11.5. The number of anilines is 1. The third-order valence-corrected chi connectivity index (χ3v) is 4.32. The molecule has 0 aliphatic carbocycles. The molecule has 0 aromatic carbocycles. The summed E-state index contributed by atoms with van der Waals surface area (Å²) < 4.78 is 0. The zero-order valence-corrected chi connectivity index (χ0v) is 12.4. The molecule has 2 aromatic heterocycles. The molecule has 21 heavy (non-hydrogen) atoms. The average Bonchev–Trinajstić information content (AvgIpc) is 2.52. The van der Waals surface area contributed by atoms with Crippen molar-refractivity contribution in [1.29, 1.82) is 0 Å². The highest BCUT2D eigenvalue weighted by molar-refractivity contribution is 6.32. The maximum Gasteiger partial charge on any atom is 0.285 e. The lowest BCUT2D eigenvalue weighted by Gasteiger charge is -2.33. The summed E-state index contributed by atoms with van der Waals surface area (Å²) in [4.78, 5) is 18.0. The van der Waals surface area contributed by atoms with Crippen LogP contribution < -0.4 is 10.5 Å². The van der Waals surface area contributed by atoms with Crippen molar-refractivity contribution in [3.63, 3.8) is 0 Å². The van der Waals surface area contributed by atoms with Gasteiger partial charge in [0.05, 0.1) is 11.9 Å². The minimum atomic E-state index is -0.329. The normalized spacial score (nSPS) is 16.1. The predicted molar refractivity (Wildman–Crippen MR) is 82.7 cm³/mol. The second kappa shape index (κ2) is 6.26. The van der Waals surface area contributed by atoms with Crippen LogP contribution in [0.15, 0.2) is 35.4 Å². The van der Waals surface area contributed by atoms with Crippen LogP contribution in [0.1, 0.15) is 18.5 Å². The third kappa shape index (κ3) is 3.24. The van der Waals surface area contributed by atoms with Gasteiger partial charge in [0, 0.05) is 25.0 Å². The molecule has 3 heterocycles. The minimum absolute atomic E-state index is 0.230. The Bertz CT molecular complexity index is 650. The van der Waals surface area contributed by atoms with Crippen molar-refractivity contribution >= 4 is 17.3 Å². The van der Waals surface area contributed by atoms with E-state index in [0.29, 0.717) is 5.92 Å². The van der Waals surface area contributed by atoms with E-state index >= 15 is 0 Å². The molecule has 110 valence electrons. The van der Waals surface area contributed by atoms with Gasteiger partial charge in [-0.05, 0) is 37.3 Å². The van der Waals surface area contributed by atoms with E-state index in [2.05, 4.69) is 26.1 Å². The van der Waals surface area contributed by atoms with Gasteiger partial charge < -0.3 is 4.90 Å². The first kappa shape index (κ1) is 14.1. The monoisotopic (exact) mass is 304 g/mol. The van der Waals surface area contributed by atoms with Crippen molar-refractivity contribution in [1.82, 2.24) is 15.2 Å². The Balaban J connectivity index is 1.63. The zero-order valence-electron chi connectivity index (χ0n) is 11.6. The molecule has 1 saturated heterocycles. The van der Waals surface area contributed by atoms with Gasteiger partial charge in [0.2, 0.25) is 0 Å². The van der Waals surface area contributed by atoms with Gasteiger partial charge in [0.1, 0.15) is 5.02 Å². The molecule has 0 spiro atoms. The lowest BCUT2D eigenvalue weighted by atomic mass is 9.92. The van der Waals surface area contributed by atoms with E-state index in [-0.39, 0.29) is 10.6 Å². The number of pyridine rings is 1. The quantitative estimate of drug-likeness (QED) is 0.945. The number of nitrogens with one attached hydrogen (secondary N) is 1. The maximum absolute atomic E-state index is 11.5. The van der Waals surface area contributed by atoms with Crippen molar-refractivity contribution in [2.45, 2.75) is 19.3 Å². The molecule has 5 nitrogen and oxygen atoms in total. The lowest BCUT2D eigenvalue weighted by molar-refractivity contribution is 0.400. The Kier molecular flexibility index (Phi) is 4.20. The molecule has 0 bridgehead atoms. The number of aromatic nitrogens is 3. The molecule has 1 aliphatic rings. The Hall–Kier alpha value is -1.88. The third-order valence-electron chi connectivity index (χ3n) is 3.96. The molecular formula is C15H17ClN4O. The Morgan fingerprint density at radius 1 is 1.33 bits per heavy atom. The van der Waals surface area contributed by atoms with Crippen molar-refractivity contribution in [2.75, 3.05) is 18.0 Å². The molecule has 0 amide bonds. The first-order chi connectivity index (χ1) is 10.2. The Morgan fingerprint density at radius 3 is 2.86 bits per heavy atom.